The van der Waals surface area contributed by atoms with Crippen molar-refractivity contribution in [2.24, 2.45) is 4.99 Å². The van der Waals surface area contributed by atoms with Crippen LogP contribution in [0.2, 0.25) is 0 Å². The summed E-state index contributed by atoms with van der Waals surface area (Å²) >= 11 is 0. The van der Waals surface area contributed by atoms with Gasteiger partial charge in [0, 0.05) is 26.1 Å². The van der Waals surface area contributed by atoms with E-state index in [9.17, 15) is 0 Å². The van der Waals surface area contributed by atoms with Crippen LogP contribution in [-0.2, 0) is 30.9 Å². The third-order valence-electron chi connectivity index (χ3n) is 3.83. The van der Waals surface area contributed by atoms with Crippen LogP contribution < -0.4 is 10.6 Å². The van der Waals surface area contributed by atoms with E-state index in [0.717, 1.165) is 49.3 Å². The summed E-state index contributed by atoms with van der Waals surface area (Å²) < 4.78 is 12.4. The maximum absolute atomic E-state index is 5.33. The molecule has 138 valence electrons. The van der Waals surface area contributed by atoms with E-state index < -0.39 is 0 Å². The molecule has 1 aliphatic rings. The maximum atomic E-state index is 5.33. The van der Waals surface area contributed by atoms with E-state index in [1.54, 1.807) is 13.4 Å². The molecule has 3 heterocycles. The van der Waals surface area contributed by atoms with Crippen LogP contribution in [0.3, 0.4) is 0 Å². The number of fused-ring (bicyclic) bond motifs is 1. The Balaban J connectivity index is 0.00000225. The molecule has 2 N–H and O–H groups in total. The Morgan fingerprint density at radius 3 is 3.12 bits per heavy atom. The van der Waals surface area contributed by atoms with Gasteiger partial charge in [0.25, 0.3) is 0 Å². The van der Waals surface area contributed by atoms with Gasteiger partial charge in [-0.05, 0) is 25.5 Å². The van der Waals surface area contributed by atoms with Crippen molar-refractivity contribution < 1.29 is 9.15 Å². The Morgan fingerprint density at radius 2 is 2.40 bits per heavy atom. The van der Waals surface area contributed by atoms with Crippen molar-refractivity contribution in [3.63, 3.8) is 0 Å². The molecular formula is C16H25IN6O2. The lowest BCUT2D eigenvalue weighted by molar-refractivity contribution is 0.177. The SMILES string of the molecule is CCNC(=NCc1ccco1)NC1CCc2nc(COC)nn2C1.I. The van der Waals surface area contributed by atoms with Gasteiger partial charge in [0.1, 0.15) is 24.7 Å². The summed E-state index contributed by atoms with van der Waals surface area (Å²) in [5, 5.41) is 11.2. The molecule has 1 unspecified atom stereocenters. The molecule has 0 aromatic carbocycles. The molecule has 3 rings (SSSR count). The van der Waals surface area contributed by atoms with Gasteiger partial charge in [-0.3, -0.25) is 0 Å². The zero-order valence-corrected chi connectivity index (χ0v) is 16.9. The highest BCUT2D eigenvalue weighted by Crippen LogP contribution is 2.13. The Hall–Kier alpha value is -1.62. The quantitative estimate of drug-likeness (QED) is 0.388. The molecule has 0 saturated heterocycles. The van der Waals surface area contributed by atoms with E-state index in [4.69, 9.17) is 9.15 Å². The van der Waals surface area contributed by atoms with Crippen LogP contribution >= 0.6 is 24.0 Å². The summed E-state index contributed by atoms with van der Waals surface area (Å²) in [6.07, 6.45) is 3.55. The number of guanidine groups is 1. The summed E-state index contributed by atoms with van der Waals surface area (Å²) in [6, 6.07) is 4.06. The largest absolute Gasteiger partial charge is 0.467 e. The molecular weight excluding hydrogens is 435 g/mol. The minimum Gasteiger partial charge on any atom is -0.467 e. The number of hydrogen-bond acceptors (Lipinski definition) is 5. The second-order valence-corrected chi connectivity index (χ2v) is 5.71. The zero-order valence-electron chi connectivity index (χ0n) is 14.6. The third-order valence-corrected chi connectivity index (χ3v) is 3.83. The van der Waals surface area contributed by atoms with Crippen molar-refractivity contribution in [3.8, 4) is 0 Å². The predicted molar refractivity (Wildman–Crippen MR) is 105 cm³/mol. The number of ether oxygens (including phenoxy) is 1. The topological polar surface area (TPSA) is 89.5 Å². The van der Waals surface area contributed by atoms with E-state index in [-0.39, 0.29) is 30.0 Å². The van der Waals surface area contributed by atoms with Crippen molar-refractivity contribution in [2.75, 3.05) is 13.7 Å². The second-order valence-electron chi connectivity index (χ2n) is 5.71. The molecule has 0 amide bonds. The molecule has 2 aromatic heterocycles. The summed E-state index contributed by atoms with van der Waals surface area (Å²) in [6.45, 7) is 4.60. The average Bonchev–Trinajstić information content (AvgIpc) is 3.21. The minimum atomic E-state index is 0. The van der Waals surface area contributed by atoms with Gasteiger partial charge in [-0.25, -0.2) is 14.7 Å². The Bertz CT molecular complexity index is 670. The first-order chi connectivity index (χ1) is 11.8. The predicted octanol–water partition coefficient (Wildman–Crippen LogP) is 1.71. The van der Waals surface area contributed by atoms with Crippen LogP contribution in [0.4, 0.5) is 0 Å². The van der Waals surface area contributed by atoms with Crippen molar-refractivity contribution in [1.82, 2.24) is 25.4 Å². The normalized spacial score (nSPS) is 16.9. The van der Waals surface area contributed by atoms with Gasteiger partial charge in [0.15, 0.2) is 11.8 Å². The average molecular weight is 460 g/mol. The number of nitrogens with one attached hydrogen (secondary N) is 2. The number of aryl methyl sites for hydroxylation is 1. The Morgan fingerprint density at radius 1 is 1.52 bits per heavy atom. The fraction of sp³-hybridized carbons (Fsp3) is 0.562. The fourth-order valence-corrected chi connectivity index (χ4v) is 2.74. The minimum absolute atomic E-state index is 0. The summed E-state index contributed by atoms with van der Waals surface area (Å²) in [5.41, 5.74) is 0. The molecule has 0 saturated carbocycles. The van der Waals surface area contributed by atoms with Crippen LogP contribution in [0.15, 0.2) is 27.8 Å². The number of hydrogen-bond donors (Lipinski definition) is 2. The molecule has 9 heteroatoms. The highest BCUT2D eigenvalue weighted by atomic mass is 127. The number of aliphatic imine (C=N–C) groups is 1. The highest BCUT2D eigenvalue weighted by Gasteiger charge is 2.22. The number of aromatic nitrogens is 3. The first-order valence-corrected chi connectivity index (χ1v) is 8.27. The summed E-state index contributed by atoms with van der Waals surface area (Å²) in [7, 11) is 1.66. The molecule has 25 heavy (non-hydrogen) atoms. The Labute approximate surface area is 164 Å². The summed E-state index contributed by atoms with van der Waals surface area (Å²) in [4.78, 5) is 9.08. The molecule has 8 nitrogen and oxygen atoms in total. The number of halogens is 1. The molecule has 0 aliphatic carbocycles. The summed E-state index contributed by atoms with van der Waals surface area (Å²) in [5.74, 6) is 3.40. The van der Waals surface area contributed by atoms with Gasteiger partial charge in [-0.15, -0.1) is 24.0 Å². The van der Waals surface area contributed by atoms with Crippen LogP contribution in [0.25, 0.3) is 0 Å². The van der Waals surface area contributed by atoms with Gasteiger partial charge in [0.2, 0.25) is 0 Å². The van der Waals surface area contributed by atoms with E-state index in [1.807, 2.05) is 16.8 Å². The molecule has 0 bridgehead atoms. The highest BCUT2D eigenvalue weighted by molar-refractivity contribution is 14.0. The van der Waals surface area contributed by atoms with Gasteiger partial charge in [0.05, 0.1) is 12.8 Å². The van der Waals surface area contributed by atoms with E-state index in [2.05, 4.69) is 32.6 Å². The van der Waals surface area contributed by atoms with E-state index in [0.29, 0.717) is 13.2 Å². The smallest absolute Gasteiger partial charge is 0.191 e. The van der Waals surface area contributed by atoms with Crippen molar-refractivity contribution in [3.05, 3.63) is 35.8 Å². The van der Waals surface area contributed by atoms with Crippen molar-refractivity contribution in [2.45, 2.75) is 45.5 Å². The third kappa shape index (κ3) is 5.43. The zero-order chi connectivity index (χ0) is 16.8. The maximum Gasteiger partial charge on any atom is 0.191 e. The van der Waals surface area contributed by atoms with Crippen LogP contribution in [-0.4, -0.2) is 40.4 Å². The number of nitrogens with zero attached hydrogens (tertiary/aromatic N) is 4. The van der Waals surface area contributed by atoms with E-state index in [1.165, 1.54) is 0 Å². The fourth-order valence-electron chi connectivity index (χ4n) is 2.74. The lowest BCUT2D eigenvalue weighted by Gasteiger charge is -2.25. The number of methoxy groups -OCH3 is 1. The lowest BCUT2D eigenvalue weighted by atomic mass is 10.1. The molecule has 2 aromatic rings. The van der Waals surface area contributed by atoms with Crippen molar-refractivity contribution in [1.29, 1.82) is 0 Å². The molecule has 0 radical (unpaired) electrons. The molecule has 1 atom stereocenters. The van der Waals surface area contributed by atoms with Gasteiger partial charge in [-0.2, -0.15) is 5.10 Å². The number of furan rings is 1. The van der Waals surface area contributed by atoms with Gasteiger partial charge < -0.3 is 19.8 Å². The Kier molecular flexibility index (Phi) is 7.69. The molecule has 1 aliphatic heterocycles. The van der Waals surface area contributed by atoms with Gasteiger partial charge in [-0.1, -0.05) is 0 Å². The lowest BCUT2D eigenvalue weighted by Crippen LogP contribution is -2.47. The first kappa shape index (κ1) is 19.7. The van der Waals surface area contributed by atoms with Crippen molar-refractivity contribution >= 4 is 29.9 Å². The molecule has 0 spiro atoms. The number of rotatable bonds is 6. The molecule has 0 fully saturated rings. The second kappa shape index (κ2) is 9.76. The van der Waals surface area contributed by atoms with Crippen LogP contribution in [0, 0.1) is 0 Å². The van der Waals surface area contributed by atoms with Crippen LogP contribution in [0.1, 0.15) is 30.8 Å². The van der Waals surface area contributed by atoms with Crippen LogP contribution in [0.5, 0.6) is 0 Å². The standard InChI is InChI=1S/C16H24N6O2.HI/c1-3-17-16(18-9-13-5-4-8-24-13)19-12-6-7-15-20-14(11-23-2)21-22(15)10-12;/h4-5,8,12H,3,6-7,9-11H2,1-2H3,(H2,17,18,19);1H. The van der Waals surface area contributed by atoms with E-state index >= 15 is 0 Å². The van der Waals surface area contributed by atoms with Gasteiger partial charge >= 0.3 is 0 Å². The first-order valence-electron chi connectivity index (χ1n) is 8.27. The monoisotopic (exact) mass is 460 g/mol.